The van der Waals surface area contributed by atoms with Gasteiger partial charge in [-0.25, -0.2) is 0 Å². The van der Waals surface area contributed by atoms with Crippen LogP contribution in [-0.4, -0.2) is 95.5 Å². The Balaban J connectivity index is 1.01. The molecule has 3 N–H and O–H groups in total. The lowest BCUT2D eigenvalue weighted by Crippen LogP contribution is -2.54. The first kappa shape index (κ1) is 42.0. The molecule has 0 bridgehead atoms. The molecule has 0 saturated carbocycles. The second kappa shape index (κ2) is 17.1. The largest absolute Gasteiger partial charge is 0.492 e. The number of ether oxygens (including phenoxy) is 1. The summed E-state index contributed by atoms with van der Waals surface area (Å²) in [4.78, 5) is 57.4. The number of carbonyl (C=O) groups is 4. The van der Waals surface area contributed by atoms with Crippen molar-refractivity contribution in [3.8, 4) is 11.8 Å². The molecule has 0 aliphatic carbocycles. The van der Waals surface area contributed by atoms with Crippen LogP contribution in [0.25, 0.3) is 0 Å². The van der Waals surface area contributed by atoms with E-state index in [1.807, 2.05) is 19.1 Å². The molecule has 2 unspecified atom stereocenters. The van der Waals surface area contributed by atoms with Crippen molar-refractivity contribution in [3.05, 3.63) is 77.4 Å². The highest BCUT2D eigenvalue weighted by molar-refractivity contribution is 7.81. The van der Waals surface area contributed by atoms with Gasteiger partial charge < -0.3 is 20.3 Å². The van der Waals surface area contributed by atoms with Crippen molar-refractivity contribution < 1.29 is 37.1 Å². The molecule has 13 nitrogen and oxygen atoms in total. The molecule has 3 aromatic carbocycles. The monoisotopic (exact) mass is 818 g/mol. The number of hydrogen-bond donors (Lipinski definition) is 3. The van der Waals surface area contributed by atoms with Gasteiger partial charge in [0.15, 0.2) is 5.11 Å². The van der Waals surface area contributed by atoms with E-state index in [1.165, 1.54) is 6.07 Å². The quantitative estimate of drug-likeness (QED) is 0.162. The molecular weight excluding hydrogens is 774 g/mol. The van der Waals surface area contributed by atoms with Crippen LogP contribution in [0.1, 0.15) is 57.2 Å². The number of aryl methyl sites for hydroxylation is 1. The summed E-state index contributed by atoms with van der Waals surface area (Å²) in [5.41, 5.74) is -0.280. The normalized spacial score (nSPS) is 20.2. The van der Waals surface area contributed by atoms with Crippen molar-refractivity contribution in [3.63, 3.8) is 0 Å². The molecule has 3 aliphatic rings. The fraction of sp³-hybridized carbons (Fsp3) is 0.415. The Morgan fingerprint density at radius 1 is 1.05 bits per heavy atom. The standard InChI is InChI=1S/C41H45F3N8O5S/c1-5-26-19-31(52-39(58)51(38(56)40(52,3)4)30-10-9-27(22-45)32(21-30)41(42,43)44)11-13-34(26)57-18-17-50-16-15-49(23-25(50)2)24-36(54)47-29-8-6-7-28(20-29)46-33-12-14-35(53)48-37(33)55/h6-11,13,19-21,25,33,46H,5,12,14-18,23-24H2,1-4H3,(H,47,54)(H,48,53,55). The van der Waals surface area contributed by atoms with E-state index in [0.29, 0.717) is 61.9 Å². The van der Waals surface area contributed by atoms with E-state index in [4.69, 9.17) is 17.0 Å². The summed E-state index contributed by atoms with van der Waals surface area (Å²) in [5, 5.41) is 17.7. The molecule has 2 atom stereocenters. The maximum atomic E-state index is 13.8. The summed E-state index contributed by atoms with van der Waals surface area (Å²) < 4.78 is 47.6. The van der Waals surface area contributed by atoms with Crippen molar-refractivity contribution in [2.24, 2.45) is 0 Å². The number of halogens is 3. The van der Waals surface area contributed by atoms with Gasteiger partial charge in [0, 0.05) is 55.7 Å². The Kier molecular flexibility index (Phi) is 12.4. The summed E-state index contributed by atoms with van der Waals surface area (Å²) in [6.07, 6.45) is -3.54. The minimum Gasteiger partial charge on any atom is -0.492 e. The number of carbonyl (C=O) groups excluding carboxylic acids is 4. The van der Waals surface area contributed by atoms with Crippen LogP contribution in [0.5, 0.6) is 5.75 Å². The second-order valence-electron chi connectivity index (χ2n) is 15.0. The zero-order chi connectivity index (χ0) is 41.9. The molecule has 0 spiro atoms. The lowest BCUT2D eigenvalue weighted by molar-refractivity contribution is -0.138. The zero-order valence-corrected chi connectivity index (χ0v) is 33.4. The number of alkyl halides is 3. The first-order valence-corrected chi connectivity index (χ1v) is 19.4. The number of nitriles is 1. The lowest BCUT2D eigenvalue weighted by atomic mass is 10.0. The summed E-state index contributed by atoms with van der Waals surface area (Å²) in [7, 11) is 0. The first-order chi connectivity index (χ1) is 27.5. The Morgan fingerprint density at radius 2 is 1.79 bits per heavy atom. The van der Waals surface area contributed by atoms with E-state index in [2.05, 4.69) is 32.7 Å². The number of piperidine rings is 1. The highest BCUT2D eigenvalue weighted by atomic mass is 32.1. The molecule has 3 fully saturated rings. The summed E-state index contributed by atoms with van der Waals surface area (Å²) in [6.45, 7) is 10.8. The van der Waals surface area contributed by atoms with E-state index in [-0.39, 0.29) is 47.5 Å². The molecule has 4 amide bonds. The van der Waals surface area contributed by atoms with E-state index >= 15 is 0 Å². The number of nitrogens with zero attached hydrogens (tertiary/aromatic N) is 5. The predicted molar refractivity (Wildman–Crippen MR) is 216 cm³/mol. The van der Waals surface area contributed by atoms with Crippen LogP contribution < -0.4 is 30.5 Å². The van der Waals surface area contributed by atoms with Crippen LogP contribution >= 0.6 is 12.2 Å². The number of thiocarbonyl (C=S) groups is 1. The van der Waals surface area contributed by atoms with Crippen molar-refractivity contribution in [2.75, 3.05) is 59.8 Å². The molecule has 3 aromatic rings. The number of benzene rings is 3. The van der Waals surface area contributed by atoms with E-state index < -0.39 is 34.8 Å². The van der Waals surface area contributed by atoms with Crippen LogP contribution in [0.4, 0.5) is 35.9 Å². The Bertz CT molecular complexity index is 2160. The number of rotatable bonds is 12. The molecular formula is C41H45F3N8O5S. The summed E-state index contributed by atoms with van der Waals surface area (Å²) >= 11 is 5.71. The topological polar surface area (TPSA) is 150 Å². The zero-order valence-electron chi connectivity index (χ0n) is 32.6. The molecule has 0 aromatic heterocycles. The van der Waals surface area contributed by atoms with Gasteiger partial charge >= 0.3 is 6.18 Å². The summed E-state index contributed by atoms with van der Waals surface area (Å²) in [6, 6.07) is 16.9. The van der Waals surface area contributed by atoms with E-state index in [9.17, 15) is 37.6 Å². The van der Waals surface area contributed by atoms with Gasteiger partial charge in [-0.05, 0) is 106 Å². The Hall–Kier alpha value is -5.57. The average molecular weight is 819 g/mol. The Morgan fingerprint density at radius 3 is 2.48 bits per heavy atom. The number of amides is 4. The molecule has 306 valence electrons. The number of anilines is 4. The van der Waals surface area contributed by atoms with Gasteiger partial charge in [0.25, 0.3) is 5.91 Å². The molecule has 17 heteroatoms. The van der Waals surface area contributed by atoms with E-state index in [0.717, 1.165) is 29.1 Å². The van der Waals surface area contributed by atoms with Gasteiger partial charge in [-0.1, -0.05) is 13.0 Å². The van der Waals surface area contributed by atoms with Crippen LogP contribution in [-0.2, 0) is 31.8 Å². The highest BCUT2D eigenvalue weighted by Crippen LogP contribution is 2.40. The molecule has 3 aliphatic heterocycles. The SMILES string of the molecule is CCc1cc(N2C(=S)N(c3ccc(C#N)c(C(F)(F)F)c3)C(=O)C2(C)C)ccc1OCCN1CCN(CC(=O)Nc2cccc(NC3CCC(=O)NC3=O)c2)CC1C. The van der Waals surface area contributed by atoms with Crippen LogP contribution in [0.15, 0.2) is 60.7 Å². The number of piperazine rings is 1. The van der Waals surface area contributed by atoms with Crippen LogP contribution in [0, 0.1) is 11.3 Å². The van der Waals surface area contributed by atoms with Gasteiger partial charge in [-0.2, -0.15) is 18.4 Å². The number of imide groups is 1. The van der Waals surface area contributed by atoms with E-state index in [1.54, 1.807) is 55.1 Å². The molecule has 58 heavy (non-hydrogen) atoms. The van der Waals surface area contributed by atoms with Gasteiger partial charge in [0.05, 0.1) is 29.4 Å². The number of nitrogens with one attached hydrogen (secondary N) is 3. The number of hydrogen-bond acceptors (Lipinski definition) is 10. The van der Waals surface area contributed by atoms with Gasteiger partial charge in [0.2, 0.25) is 17.7 Å². The maximum absolute atomic E-state index is 13.8. The third kappa shape index (κ3) is 9.09. The predicted octanol–water partition coefficient (Wildman–Crippen LogP) is 5.30. The fourth-order valence-corrected chi connectivity index (χ4v) is 8.05. The average Bonchev–Trinajstić information content (AvgIpc) is 3.35. The van der Waals surface area contributed by atoms with Crippen molar-refractivity contribution >= 4 is 63.7 Å². The highest BCUT2D eigenvalue weighted by Gasteiger charge is 2.51. The third-order valence-electron chi connectivity index (χ3n) is 10.6. The Labute approximate surface area is 340 Å². The molecule has 3 heterocycles. The van der Waals surface area contributed by atoms with Crippen molar-refractivity contribution in [1.29, 1.82) is 5.26 Å². The maximum Gasteiger partial charge on any atom is 0.417 e. The summed E-state index contributed by atoms with van der Waals surface area (Å²) in [5.74, 6) is -0.647. The third-order valence-corrected chi connectivity index (χ3v) is 11.0. The molecule has 0 radical (unpaired) electrons. The van der Waals surface area contributed by atoms with Crippen LogP contribution in [0.2, 0.25) is 0 Å². The van der Waals surface area contributed by atoms with Crippen molar-refractivity contribution in [2.45, 2.75) is 70.8 Å². The fourth-order valence-electron chi connectivity index (χ4n) is 7.52. The second-order valence-corrected chi connectivity index (χ2v) is 15.4. The lowest BCUT2D eigenvalue weighted by Gasteiger charge is -2.39. The van der Waals surface area contributed by atoms with Gasteiger partial charge in [0.1, 0.15) is 23.9 Å². The van der Waals surface area contributed by atoms with Gasteiger partial charge in [-0.15, -0.1) is 0 Å². The van der Waals surface area contributed by atoms with Gasteiger partial charge in [-0.3, -0.25) is 39.2 Å². The minimum atomic E-state index is -4.80. The van der Waals surface area contributed by atoms with Crippen LogP contribution in [0.3, 0.4) is 0 Å². The molecule has 3 saturated heterocycles. The smallest absolute Gasteiger partial charge is 0.417 e. The van der Waals surface area contributed by atoms with Crippen molar-refractivity contribution in [1.82, 2.24) is 15.1 Å². The first-order valence-electron chi connectivity index (χ1n) is 19.0. The minimum absolute atomic E-state index is 0.0164. The molecule has 6 rings (SSSR count).